The summed E-state index contributed by atoms with van der Waals surface area (Å²) in [7, 11) is -3.40. The smallest absolute Gasteiger partial charge is 0.240 e. The molecule has 2 rings (SSSR count). The normalized spacial score (nSPS) is 14.6. The number of aryl methyl sites for hydroxylation is 1. The first-order chi connectivity index (χ1) is 10.1. The van der Waals surface area contributed by atoms with E-state index in [0.29, 0.717) is 11.4 Å². The molecule has 0 bridgehead atoms. The highest BCUT2D eigenvalue weighted by Gasteiger charge is 2.23. The van der Waals surface area contributed by atoms with Crippen LogP contribution >= 0.6 is 0 Å². The molecule has 1 aliphatic rings. The van der Waals surface area contributed by atoms with Gasteiger partial charge in [0.15, 0.2) is 0 Å². The van der Waals surface area contributed by atoms with Gasteiger partial charge in [-0.15, -0.1) is 0 Å². The standard InChI is InChI=1S/C16H26N2O2S/c1-3-4-5-6-12-18-21(19,20)15-10-9-13(2)16-14(15)8-7-11-17-16/h9-10,17-18H,3-8,11-12H2,1-2H3. The van der Waals surface area contributed by atoms with Crippen molar-refractivity contribution in [3.8, 4) is 0 Å². The van der Waals surface area contributed by atoms with E-state index in [-0.39, 0.29) is 0 Å². The van der Waals surface area contributed by atoms with Crippen molar-refractivity contribution < 1.29 is 8.42 Å². The van der Waals surface area contributed by atoms with Crippen LogP contribution < -0.4 is 10.0 Å². The van der Waals surface area contributed by atoms with Crippen LogP contribution in [-0.4, -0.2) is 21.5 Å². The number of benzene rings is 1. The van der Waals surface area contributed by atoms with Crippen LogP contribution in [0.4, 0.5) is 5.69 Å². The number of hydrogen-bond acceptors (Lipinski definition) is 3. The van der Waals surface area contributed by atoms with Crippen LogP contribution in [0.3, 0.4) is 0 Å². The molecular formula is C16H26N2O2S. The molecule has 1 aromatic carbocycles. The van der Waals surface area contributed by atoms with Crippen molar-refractivity contribution in [2.24, 2.45) is 0 Å². The van der Waals surface area contributed by atoms with E-state index in [1.807, 2.05) is 13.0 Å². The van der Waals surface area contributed by atoms with Gasteiger partial charge in [0.05, 0.1) is 4.90 Å². The largest absolute Gasteiger partial charge is 0.385 e. The number of fused-ring (bicyclic) bond motifs is 1. The van der Waals surface area contributed by atoms with Crippen LogP contribution in [0, 0.1) is 6.92 Å². The maximum Gasteiger partial charge on any atom is 0.240 e. The quantitative estimate of drug-likeness (QED) is 0.760. The molecule has 0 unspecified atom stereocenters. The van der Waals surface area contributed by atoms with Gasteiger partial charge in [-0.3, -0.25) is 0 Å². The summed E-state index contributed by atoms with van der Waals surface area (Å²) in [6, 6.07) is 3.64. The lowest BCUT2D eigenvalue weighted by molar-refractivity contribution is 0.572. The van der Waals surface area contributed by atoms with Crippen molar-refractivity contribution in [2.75, 3.05) is 18.4 Å². The number of hydrogen-bond donors (Lipinski definition) is 2. The molecule has 2 N–H and O–H groups in total. The second-order valence-electron chi connectivity index (χ2n) is 5.72. The molecule has 4 nitrogen and oxygen atoms in total. The fourth-order valence-electron chi connectivity index (χ4n) is 2.81. The van der Waals surface area contributed by atoms with Gasteiger partial charge in [-0.2, -0.15) is 0 Å². The Morgan fingerprint density at radius 3 is 2.81 bits per heavy atom. The molecule has 1 heterocycles. The molecule has 0 fully saturated rings. The average Bonchev–Trinajstić information content (AvgIpc) is 2.47. The molecule has 21 heavy (non-hydrogen) atoms. The predicted molar refractivity (Wildman–Crippen MR) is 87.3 cm³/mol. The van der Waals surface area contributed by atoms with Crippen LogP contribution in [0.2, 0.25) is 0 Å². The Kier molecular flexibility index (Phi) is 5.65. The Bertz CT molecular complexity index is 582. The van der Waals surface area contributed by atoms with Gasteiger partial charge < -0.3 is 5.32 Å². The first-order valence-corrected chi connectivity index (χ1v) is 9.40. The van der Waals surface area contributed by atoms with Crippen molar-refractivity contribution in [1.82, 2.24) is 4.72 Å². The number of anilines is 1. The summed E-state index contributed by atoms with van der Waals surface area (Å²) in [5.41, 5.74) is 3.07. The third-order valence-electron chi connectivity index (χ3n) is 4.00. The van der Waals surface area contributed by atoms with Crippen LogP contribution in [-0.2, 0) is 16.4 Å². The zero-order valence-electron chi connectivity index (χ0n) is 13.0. The van der Waals surface area contributed by atoms with E-state index in [0.717, 1.165) is 61.9 Å². The minimum atomic E-state index is -3.40. The lowest BCUT2D eigenvalue weighted by Crippen LogP contribution is -2.27. The highest BCUT2D eigenvalue weighted by atomic mass is 32.2. The summed E-state index contributed by atoms with van der Waals surface area (Å²) >= 11 is 0. The van der Waals surface area contributed by atoms with Crippen LogP contribution in [0.15, 0.2) is 17.0 Å². The number of unbranched alkanes of at least 4 members (excludes halogenated alkanes) is 3. The lowest BCUT2D eigenvalue weighted by Gasteiger charge is -2.23. The summed E-state index contributed by atoms with van der Waals surface area (Å²) in [5, 5.41) is 3.34. The zero-order valence-corrected chi connectivity index (χ0v) is 13.9. The van der Waals surface area contributed by atoms with Crippen LogP contribution in [0.25, 0.3) is 0 Å². The van der Waals surface area contributed by atoms with Crippen molar-refractivity contribution >= 4 is 15.7 Å². The van der Waals surface area contributed by atoms with Crippen LogP contribution in [0.1, 0.15) is 50.2 Å². The first kappa shape index (κ1) is 16.3. The van der Waals surface area contributed by atoms with Gasteiger partial charge in [0.1, 0.15) is 0 Å². The summed E-state index contributed by atoms with van der Waals surface area (Å²) in [6.07, 6.45) is 6.10. The van der Waals surface area contributed by atoms with Gasteiger partial charge in [0, 0.05) is 18.8 Å². The molecule has 5 heteroatoms. The van der Waals surface area contributed by atoms with Crippen molar-refractivity contribution in [3.63, 3.8) is 0 Å². The second kappa shape index (κ2) is 7.27. The van der Waals surface area contributed by atoms with E-state index in [2.05, 4.69) is 17.0 Å². The van der Waals surface area contributed by atoms with Crippen molar-refractivity contribution in [3.05, 3.63) is 23.3 Å². The Morgan fingerprint density at radius 2 is 2.05 bits per heavy atom. The number of nitrogens with one attached hydrogen (secondary N) is 2. The summed E-state index contributed by atoms with van der Waals surface area (Å²) < 4.78 is 27.8. The van der Waals surface area contributed by atoms with E-state index in [1.54, 1.807) is 6.07 Å². The maximum absolute atomic E-state index is 12.5. The van der Waals surface area contributed by atoms with Gasteiger partial charge in [0.2, 0.25) is 10.0 Å². The molecule has 118 valence electrons. The monoisotopic (exact) mass is 310 g/mol. The van der Waals surface area contributed by atoms with Crippen molar-refractivity contribution in [1.29, 1.82) is 0 Å². The number of rotatable bonds is 7. The molecule has 0 aliphatic carbocycles. The summed E-state index contributed by atoms with van der Waals surface area (Å²) in [5.74, 6) is 0. The number of sulfonamides is 1. The van der Waals surface area contributed by atoms with Gasteiger partial charge in [-0.25, -0.2) is 13.1 Å². The Labute approximate surface area is 128 Å². The third-order valence-corrected chi connectivity index (χ3v) is 5.54. The predicted octanol–water partition coefficient (Wildman–Crippen LogP) is 3.21. The fraction of sp³-hybridized carbons (Fsp3) is 0.625. The highest BCUT2D eigenvalue weighted by Crippen LogP contribution is 2.31. The van der Waals surface area contributed by atoms with E-state index in [9.17, 15) is 8.42 Å². The summed E-state index contributed by atoms with van der Waals surface area (Å²) in [4.78, 5) is 0.450. The first-order valence-electron chi connectivity index (χ1n) is 7.92. The zero-order chi connectivity index (χ0) is 15.3. The van der Waals surface area contributed by atoms with Gasteiger partial charge >= 0.3 is 0 Å². The lowest BCUT2D eigenvalue weighted by atomic mass is 10.00. The molecule has 0 spiro atoms. The van der Waals surface area contributed by atoms with Gasteiger partial charge in [0.25, 0.3) is 0 Å². The molecule has 0 radical (unpaired) electrons. The van der Waals surface area contributed by atoms with E-state index in [1.165, 1.54) is 0 Å². The van der Waals surface area contributed by atoms with Gasteiger partial charge in [-0.1, -0.05) is 32.3 Å². The highest BCUT2D eigenvalue weighted by molar-refractivity contribution is 7.89. The topological polar surface area (TPSA) is 58.2 Å². The fourth-order valence-corrected chi connectivity index (χ4v) is 4.15. The van der Waals surface area contributed by atoms with E-state index in [4.69, 9.17) is 0 Å². The van der Waals surface area contributed by atoms with Crippen LogP contribution in [0.5, 0.6) is 0 Å². The van der Waals surface area contributed by atoms with E-state index < -0.39 is 10.0 Å². The summed E-state index contributed by atoms with van der Waals surface area (Å²) in [6.45, 7) is 5.61. The third kappa shape index (κ3) is 3.98. The second-order valence-corrected chi connectivity index (χ2v) is 7.46. The maximum atomic E-state index is 12.5. The molecule has 0 saturated carbocycles. The average molecular weight is 310 g/mol. The molecule has 0 aromatic heterocycles. The minimum absolute atomic E-state index is 0.450. The molecule has 1 aromatic rings. The van der Waals surface area contributed by atoms with Gasteiger partial charge in [-0.05, 0) is 43.4 Å². The molecule has 0 atom stereocenters. The Balaban J connectivity index is 2.13. The Morgan fingerprint density at radius 1 is 1.24 bits per heavy atom. The minimum Gasteiger partial charge on any atom is -0.385 e. The molecule has 0 amide bonds. The molecule has 1 aliphatic heterocycles. The van der Waals surface area contributed by atoms with Crippen molar-refractivity contribution in [2.45, 2.75) is 57.3 Å². The molecule has 0 saturated heterocycles. The molecular weight excluding hydrogens is 284 g/mol. The Hall–Kier alpha value is -1.07. The van der Waals surface area contributed by atoms with E-state index >= 15 is 0 Å². The SMILES string of the molecule is CCCCCCNS(=O)(=O)c1ccc(C)c2c1CCCN2.